The molecule has 2 atom stereocenters. The van der Waals surface area contributed by atoms with Gasteiger partial charge in [-0.3, -0.25) is 4.79 Å². The molecule has 1 aliphatic rings. The normalized spacial score (nSPS) is 27.1. The Morgan fingerprint density at radius 2 is 2.06 bits per heavy atom. The van der Waals surface area contributed by atoms with E-state index in [-0.39, 0.29) is 12.5 Å². The average Bonchev–Trinajstić information content (AvgIpc) is 2.36. The SMILES string of the molecule is CCOC(=O)C(NC=O)C(O)C1CCC(C)CC1. The molecule has 1 rings (SSSR count). The predicted molar refractivity (Wildman–Crippen MR) is 66.7 cm³/mol. The van der Waals surface area contributed by atoms with Crippen molar-refractivity contribution in [3.05, 3.63) is 0 Å². The molecular weight excluding hydrogens is 234 g/mol. The maximum absolute atomic E-state index is 11.7. The molecule has 1 saturated carbocycles. The number of aliphatic hydroxyl groups excluding tert-OH is 1. The molecule has 2 unspecified atom stereocenters. The Labute approximate surface area is 108 Å². The predicted octanol–water partition coefficient (Wildman–Crippen LogP) is 0.851. The van der Waals surface area contributed by atoms with Crippen LogP contribution in [-0.2, 0) is 14.3 Å². The summed E-state index contributed by atoms with van der Waals surface area (Å²) in [5.74, 6) is 0.173. The summed E-state index contributed by atoms with van der Waals surface area (Å²) in [7, 11) is 0. The topological polar surface area (TPSA) is 75.6 Å². The highest BCUT2D eigenvalue weighted by Crippen LogP contribution is 2.31. The summed E-state index contributed by atoms with van der Waals surface area (Å²) in [5, 5.41) is 12.6. The summed E-state index contributed by atoms with van der Waals surface area (Å²) in [6.45, 7) is 4.13. The van der Waals surface area contributed by atoms with E-state index in [2.05, 4.69) is 12.2 Å². The molecule has 2 N–H and O–H groups in total. The van der Waals surface area contributed by atoms with Crippen molar-refractivity contribution in [3.8, 4) is 0 Å². The van der Waals surface area contributed by atoms with Crippen LogP contribution in [0.2, 0.25) is 0 Å². The number of rotatable bonds is 6. The Hall–Kier alpha value is -1.10. The standard InChI is InChI=1S/C13H23NO4/c1-3-18-13(17)11(14-8-15)12(16)10-6-4-9(2)5-7-10/h8-12,16H,3-7H2,1-2H3,(H,14,15). The van der Waals surface area contributed by atoms with Gasteiger partial charge in [0, 0.05) is 0 Å². The zero-order valence-electron chi connectivity index (χ0n) is 11.1. The Balaban J connectivity index is 2.60. The lowest BCUT2D eigenvalue weighted by Gasteiger charge is -2.32. The van der Waals surface area contributed by atoms with Crippen LogP contribution in [-0.4, -0.2) is 36.2 Å². The highest BCUT2D eigenvalue weighted by Gasteiger charge is 2.35. The third-order valence-electron chi connectivity index (χ3n) is 3.67. The van der Waals surface area contributed by atoms with E-state index in [1.54, 1.807) is 6.92 Å². The van der Waals surface area contributed by atoms with E-state index in [1.165, 1.54) is 0 Å². The summed E-state index contributed by atoms with van der Waals surface area (Å²) in [6, 6.07) is -0.944. The fourth-order valence-electron chi connectivity index (χ4n) is 2.51. The monoisotopic (exact) mass is 257 g/mol. The maximum atomic E-state index is 11.7. The van der Waals surface area contributed by atoms with Crippen LogP contribution >= 0.6 is 0 Å². The average molecular weight is 257 g/mol. The van der Waals surface area contributed by atoms with E-state index in [1.807, 2.05) is 0 Å². The van der Waals surface area contributed by atoms with Gasteiger partial charge in [0.15, 0.2) is 6.04 Å². The minimum Gasteiger partial charge on any atom is -0.464 e. The minimum atomic E-state index is -0.944. The summed E-state index contributed by atoms with van der Waals surface area (Å²) in [4.78, 5) is 22.2. The molecule has 0 aliphatic heterocycles. The summed E-state index contributed by atoms with van der Waals surface area (Å²) in [6.07, 6.45) is 3.46. The van der Waals surface area contributed by atoms with E-state index in [4.69, 9.17) is 4.74 Å². The Bertz CT molecular complexity index is 274. The van der Waals surface area contributed by atoms with Crippen molar-refractivity contribution in [2.75, 3.05) is 6.61 Å². The van der Waals surface area contributed by atoms with Gasteiger partial charge in [-0.05, 0) is 31.6 Å². The van der Waals surface area contributed by atoms with Gasteiger partial charge in [0.25, 0.3) is 0 Å². The fraction of sp³-hybridized carbons (Fsp3) is 0.846. The molecule has 5 nitrogen and oxygen atoms in total. The van der Waals surface area contributed by atoms with Crippen molar-refractivity contribution in [2.24, 2.45) is 11.8 Å². The summed E-state index contributed by atoms with van der Waals surface area (Å²) < 4.78 is 4.87. The van der Waals surface area contributed by atoms with Crippen molar-refractivity contribution in [2.45, 2.75) is 51.7 Å². The molecule has 0 saturated heterocycles. The lowest BCUT2D eigenvalue weighted by atomic mass is 9.78. The van der Waals surface area contributed by atoms with Crippen LogP contribution in [0, 0.1) is 11.8 Å². The maximum Gasteiger partial charge on any atom is 0.331 e. The number of nitrogens with one attached hydrogen (secondary N) is 1. The number of hydrogen-bond donors (Lipinski definition) is 2. The molecule has 104 valence electrons. The van der Waals surface area contributed by atoms with Crippen LogP contribution in [0.5, 0.6) is 0 Å². The Kier molecular flexibility index (Phi) is 6.12. The van der Waals surface area contributed by atoms with Crippen molar-refractivity contribution >= 4 is 12.4 Å². The summed E-state index contributed by atoms with van der Waals surface area (Å²) in [5.41, 5.74) is 0. The van der Waals surface area contributed by atoms with Crippen molar-refractivity contribution < 1.29 is 19.4 Å². The van der Waals surface area contributed by atoms with E-state index >= 15 is 0 Å². The second-order valence-electron chi connectivity index (χ2n) is 5.02. The number of hydrogen-bond acceptors (Lipinski definition) is 4. The van der Waals surface area contributed by atoms with Gasteiger partial charge in [-0.2, -0.15) is 0 Å². The fourth-order valence-corrected chi connectivity index (χ4v) is 2.51. The van der Waals surface area contributed by atoms with Crippen LogP contribution in [0.4, 0.5) is 0 Å². The smallest absolute Gasteiger partial charge is 0.331 e. The van der Waals surface area contributed by atoms with Gasteiger partial charge in [-0.25, -0.2) is 4.79 Å². The molecule has 0 radical (unpaired) electrons. The molecule has 0 aromatic carbocycles. The molecule has 1 amide bonds. The molecule has 0 heterocycles. The largest absolute Gasteiger partial charge is 0.464 e. The van der Waals surface area contributed by atoms with E-state index < -0.39 is 18.1 Å². The van der Waals surface area contributed by atoms with Gasteiger partial charge in [-0.15, -0.1) is 0 Å². The van der Waals surface area contributed by atoms with Crippen molar-refractivity contribution in [1.29, 1.82) is 0 Å². The molecule has 0 bridgehead atoms. The van der Waals surface area contributed by atoms with Gasteiger partial charge in [-0.1, -0.05) is 19.8 Å². The van der Waals surface area contributed by atoms with Gasteiger partial charge >= 0.3 is 5.97 Å². The molecule has 18 heavy (non-hydrogen) atoms. The van der Waals surface area contributed by atoms with Gasteiger partial charge in [0.05, 0.1) is 12.7 Å². The van der Waals surface area contributed by atoms with Gasteiger partial charge in [0.2, 0.25) is 6.41 Å². The van der Waals surface area contributed by atoms with Crippen LogP contribution in [0.1, 0.15) is 39.5 Å². The number of ether oxygens (including phenoxy) is 1. The number of carbonyl (C=O) groups is 2. The van der Waals surface area contributed by atoms with E-state index in [0.29, 0.717) is 12.3 Å². The van der Waals surface area contributed by atoms with Crippen LogP contribution < -0.4 is 5.32 Å². The Morgan fingerprint density at radius 1 is 1.44 bits per heavy atom. The minimum absolute atomic E-state index is 0.0584. The summed E-state index contributed by atoms with van der Waals surface area (Å²) >= 11 is 0. The lowest BCUT2D eigenvalue weighted by Crippen LogP contribution is -2.50. The number of esters is 1. The van der Waals surface area contributed by atoms with Crippen LogP contribution in [0.3, 0.4) is 0 Å². The molecule has 5 heteroatoms. The lowest BCUT2D eigenvalue weighted by molar-refractivity contribution is -0.151. The van der Waals surface area contributed by atoms with Crippen molar-refractivity contribution in [3.63, 3.8) is 0 Å². The zero-order chi connectivity index (χ0) is 13.5. The first-order valence-corrected chi connectivity index (χ1v) is 6.64. The molecule has 0 aromatic rings. The third-order valence-corrected chi connectivity index (χ3v) is 3.67. The van der Waals surface area contributed by atoms with E-state index in [9.17, 15) is 14.7 Å². The van der Waals surface area contributed by atoms with Crippen LogP contribution in [0.25, 0.3) is 0 Å². The highest BCUT2D eigenvalue weighted by atomic mass is 16.5. The quantitative estimate of drug-likeness (QED) is 0.546. The molecule has 0 spiro atoms. The zero-order valence-corrected chi connectivity index (χ0v) is 11.1. The molecule has 0 aromatic heterocycles. The number of carbonyl (C=O) groups excluding carboxylic acids is 2. The van der Waals surface area contributed by atoms with E-state index in [0.717, 1.165) is 25.7 Å². The third kappa shape index (κ3) is 3.98. The van der Waals surface area contributed by atoms with Crippen LogP contribution in [0.15, 0.2) is 0 Å². The second kappa shape index (κ2) is 7.36. The first-order chi connectivity index (χ1) is 8.60. The number of amides is 1. The molecule has 1 fully saturated rings. The van der Waals surface area contributed by atoms with Gasteiger partial charge in [0.1, 0.15) is 0 Å². The number of aliphatic hydroxyl groups is 1. The molecular formula is C13H23NO4. The molecule has 1 aliphatic carbocycles. The second-order valence-corrected chi connectivity index (χ2v) is 5.02. The first kappa shape index (κ1) is 15.0. The van der Waals surface area contributed by atoms with Crippen molar-refractivity contribution in [1.82, 2.24) is 5.32 Å². The highest BCUT2D eigenvalue weighted by molar-refractivity contribution is 5.79. The first-order valence-electron chi connectivity index (χ1n) is 6.64. The van der Waals surface area contributed by atoms with Gasteiger partial charge < -0.3 is 15.2 Å². The Morgan fingerprint density at radius 3 is 2.56 bits per heavy atom.